The van der Waals surface area contributed by atoms with Gasteiger partial charge in [0.15, 0.2) is 0 Å². The highest BCUT2D eigenvalue weighted by atomic mass is 16.3. The van der Waals surface area contributed by atoms with Crippen molar-refractivity contribution >= 4 is 5.91 Å². The molecule has 2 aliphatic rings. The lowest BCUT2D eigenvalue weighted by molar-refractivity contribution is -0.122. The molecule has 0 bridgehead atoms. The van der Waals surface area contributed by atoms with Crippen molar-refractivity contribution in [2.45, 2.75) is 57.2 Å². The minimum Gasteiger partial charge on any atom is -0.393 e. The van der Waals surface area contributed by atoms with Crippen molar-refractivity contribution < 1.29 is 9.90 Å². The van der Waals surface area contributed by atoms with Crippen molar-refractivity contribution in [1.29, 1.82) is 0 Å². The van der Waals surface area contributed by atoms with Crippen LogP contribution in [0.3, 0.4) is 0 Å². The Morgan fingerprint density at radius 3 is 3.06 bits per heavy atom. The maximum atomic E-state index is 11.7. The van der Waals surface area contributed by atoms with Gasteiger partial charge < -0.3 is 10.4 Å². The van der Waals surface area contributed by atoms with Gasteiger partial charge in [0.1, 0.15) is 0 Å². The molecule has 4 nitrogen and oxygen atoms in total. The van der Waals surface area contributed by atoms with Gasteiger partial charge in [0.25, 0.3) is 0 Å². The Hall–Kier alpha value is -0.610. The summed E-state index contributed by atoms with van der Waals surface area (Å²) in [6.07, 6.45) is 4.21. The Kier molecular flexibility index (Phi) is 3.82. The predicted molar refractivity (Wildman–Crippen MR) is 62.1 cm³/mol. The average Bonchev–Trinajstić information content (AvgIpc) is 2.80. The van der Waals surface area contributed by atoms with Gasteiger partial charge in [-0.1, -0.05) is 0 Å². The van der Waals surface area contributed by atoms with E-state index in [1.54, 1.807) is 6.92 Å². The van der Waals surface area contributed by atoms with Crippen LogP contribution in [0.5, 0.6) is 0 Å². The summed E-state index contributed by atoms with van der Waals surface area (Å²) in [4.78, 5) is 14.1. The van der Waals surface area contributed by atoms with E-state index in [1.165, 1.54) is 19.4 Å². The zero-order valence-electron chi connectivity index (χ0n) is 9.98. The van der Waals surface area contributed by atoms with Crippen LogP contribution in [0.1, 0.15) is 39.0 Å². The van der Waals surface area contributed by atoms with Gasteiger partial charge in [0, 0.05) is 25.0 Å². The zero-order chi connectivity index (χ0) is 11.5. The molecule has 0 saturated carbocycles. The number of carbonyl (C=O) groups is 1. The Morgan fingerprint density at radius 2 is 2.31 bits per heavy atom. The number of hydrogen-bond donors (Lipinski definition) is 2. The van der Waals surface area contributed by atoms with E-state index >= 15 is 0 Å². The molecule has 16 heavy (non-hydrogen) atoms. The number of rotatable bonds is 4. The lowest BCUT2D eigenvalue weighted by Crippen LogP contribution is -2.42. The standard InChI is InChI=1S/C12H22N2O2/c1-9(15)4-5-12(16)13-10-6-8-14-7-2-3-11(10)14/h9-11,15H,2-8H2,1H3,(H,13,16). The topological polar surface area (TPSA) is 52.6 Å². The Morgan fingerprint density at radius 1 is 1.50 bits per heavy atom. The third-order valence-corrected chi connectivity index (χ3v) is 3.74. The van der Waals surface area contributed by atoms with Crippen molar-refractivity contribution in [3.8, 4) is 0 Å². The van der Waals surface area contributed by atoms with Crippen molar-refractivity contribution in [3.63, 3.8) is 0 Å². The van der Waals surface area contributed by atoms with E-state index in [0.29, 0.717) is 24.9 Å². The molecule has 0 aromatic carbocycles. The van der Waals surface area contributed by atoms with Crippen LogP contribution in [0.4, 0.5) is 0 Å². The zero-order valence-corrected chi connectivity index (χ0v) is 9.98. The first-order chi connectivity index (χ1) is 7.66. The molecule has 0 radical (unpaired) electrons. The Labute approximate surface area is 97.0 Å². The molecule has 2 fully saturated rings. The van der Waals surface area contributed by atoms with E-state index in [1.807, 2.05) is 0 Å². The molecule has 3 unspecified atom stereocenters. The highest BCUT2D eigenvalue weighted by Crippen LogP contribution is 2.27. The first-order valence-electron chi connectivity index (χ1n) is 6.38. The summed E-state index contributed by atoms with van der Waals surface area (Å²) in [5.41, 5.74) is 0. The van der Waals surface area contributed by atoms with Gasteiger partial charge in [-0.15, -0.1) is 0 Å². The SMILES string of the molecule is CC(O)CCC(=O)NC1CCN2CCCC12. The molecule has 2 saturated heterocycles. The average molecular weight is 226 g/mol. The molecule has 0 spiro atoms. The second-order valence-electron chi connectivity index (χ2n) is 5.10. The van der Waals surface area contributed by atoms with Gasteiger partial charge in [-0.2, -0.15) is 0 Å². The van der Waals surface area contributed by atoms with Gasteiger partial charge >= 0.3 is 0 Å². The molecule has 4 heteroatoms. The third kappa shape index (κ3) is 2.74. The van der Waals surface area contributed by atoms with Crippen LogP contribution in [0.15, 0.2) is 0 Å². The van der Waals surface area contributed by atoms with Crippen molar-refractivity contribution in [3.05, 3.63) is 0 Å². The van der Waals surface area contributed by atoms with Gasteiger partial charge in [-0.05, 0) is 39.2 Å². The molecule has 0 aromatic heterocycles. The molecule has 1 amide bonds. The van der Waals surface area contributed by atoms with E-state index in [4.69, 9.17) is 5.11 Å². The number of aliphatic hydroxyl groups is 1. The second kappa shape index (κ2) is 5.15. The number of hydrogen-bond acceptors (Lipinski definition) is 3. The van der Waals surface area contributed by atoms with Crippen LogP contribution >= 0.6 is 0 Å². The lowest BCUT2D eigenvalue weighted by Gasteiger charge is -2.21. The van der Waals surface area contributed by atoms with Crippen molar-refractivity contribution in [2.75, 3.05) is 13.1 Å². The second-order valence-corrected chi connectivity index (χ2v) is 5.10. The molecule has 3 atom stereocenters. The summed E-state index contributed by atoms with van der Waals surface area (Å²) in [6, 6.07) is 0.930. The molecule has 2 heterocycles. The normalized spacial score (nSPS) is 31.4. The van der Waals surface area contributed by atoms with Crippen LogP contribution in [-0.4, -0.2) is 47.2 Å². The van der Waals surface area contributed by atoms with Crippen LogP contribution < -0.4 is 5.32 Å². The molecular weight excluding hydrogens is 204 g/mol. The van der Waals surface area contributed by atoms with Crippen LogP contribution in [-0.2, 0) is 4.79 Å². The largest absolute Gasteiger partial charge is 0.393 e. The number of carbonyl (C=O) groups excluding carboxylic acids is 1. The summed E-state index contributed by atoms with van der Waals surface area (Å²) in [5.74, 6) is 0.0969. The fourth-order valence-electron chi connectivity index (χ4n) is 2.87. The van der Waals surface area contributed by atoms with E-state index < -0.39 is 0 Å². The van der Waals surface area contributed by atoms with Gasteiger partial charge in [-0.25, -0.2) is 0 Å². The van der Waals surface area contributed by atoms with Crippen molar-refractivity contribution in [2.24, 2.45) is 0 Å². The van der Waals surface area contributed by atoms with Crippen LogP contribution in [0.25, 0.3) is 0 Å². The van der Waals surface area contributed by atoms with Gasteiger partial charge in [0.2, 0.25) is 5.91 Å². The summed E-state index contributed by atoms with van der Waals surface area (Å²) >= 11 is 0. The maximum absolute atomic E-state index is 11.7. The number of fused-ring (bicyclic) bond motifs is 1. The van der Waals surface area contributed by atoms with Gasteiger partial charge in [-0.3, -0.25) is 9.69 Å². The molecule has 0 aromatic rings. The smallest absolute Gasteiger partial charge is 0.220 e. The number of aliphatic hydroxyl groups excluding tert-OH is 1. The minimum absolute atomic E-state index is 0.0969. The maximum Gasteiger partial charge on any atom is 0.220 e. The first kappa shape index (κ1) is 11.9. The third-order valence-electron chi connectivity index (χ3n) is 3.74. The Bertz CT molecular complexity index is 255. The monoisotopic (exact) mass is 226 g/mol. The van der Waals surface area contributed by atoms with E-state index in [0.717, 1.165) is 13.0 Å². The number of amides is 1. The van der Waals surface area contributed by atoms with Crippen LogP contribution in [0.2, 0.25) is 0 Å². The summed E-state index contributed by atoms with van der Waals surface area (Å²) in [6.45, 7) is 4.05. The fourth-order valence-corrected chi connectivity index (χ4v) is 2.87. The lowest BCUT2D eigenvalue weighted by atomic mass is 10.1. The van der Waals surface area contributed by atoms with E-state index in [-0.39, 0.29) is 12.0 Å². The number of nitrogens with zero attached hydrogens (tertiary/aromatic N) is 1. The summed E-state index contributed by atoms with van der Waals surface area (Å²) in [5, 5.41) is 12.2. The highest BCUT2D eigenvalue weighted by molar-refractivity contribution is 5.76. The molecule has 92 valence electrons. The molecule has 2 rings (SSSR count). The minimum atomic E-state index is -0.377. The fraction of sp³-hybridized carbons (Fsp3) is 0.917. The summed E-state index contributed by atoms with van der Waals surface area (Å²) in [7, 11) is 0. The van der Waals surface area contributed by atoms with E-state index in [2.05, 4.69) is 10.2 Å². The van der Waals surface area contributed by atoms with Crippen molar-refractivity contribution in [1.82, 2.24) is 10.2 Å². The van der Waals surface area contributed by atoms with E-state index in [9.17, 15) is 4.79 Å². The Balaban J connectivity index is 1.75. The van der Waals surface area contributed by atoms with Crippen LogP contribution in [0, 0.1) is 0 Å². The molecule has 2 aliphatic heterocycles. The predicted octanol–water partition coefficient (Wildman–Crippen LogP) is 0.500. The number of nitrogens with one attached hydrogen (secondary N) is 1. The molecular formula is C12H22N2O2. The van der Waals surface area contributed by atoms with Gasteiger partial charge in [0.05, 0.1) is 6.10 Å². The molecule has 0 aliphatic carbocycles. The first-order valence-corrected chi connectivity index (χ1v) is 6.38. The highest BCUT2D eigenvalue weighted by Gasteiger charge is 2.37. The molecule has 2 N–H and O–H groups in total. The quantitative estimate of drug-likeness (QED) is 0.734. The summed E-state index contributed by atoms with van der Waals surface area (Å²) < 4.78 is 0.